The molecule has 0 saturated heterocycles. The van der Waals surface area contributed by atoms with Gasteiger partial charge in [0.05, 0.1) is 38.4 Å². The highest BCUT2D eigenvalue weighted by molar-refractivity contribution is 7.88. The van der Waals surface area contributed by atoms with Crippen LogP contribution in [-0.4, -0.2) is 67.4 Å². The lowest BCUT2D eigenvalue weighted by molar-refractivity contribution is -0.174. The molecule has 0 radical (unpaired) electrons. The highest BCUT2D eigenvalue weighted by Crippen LogP contribution is 2.78. The number of hydrogen-bond acceptors (Lipinski definition) is 8. The molecule has 1 unspecified atom stereocenters. The Morgan fingerprint density at radius 3 is 2.43 bits per heavy atom. The average molecular weight is 666 g/mol. The summed E-state index contributed by atoms with van der Waals surface area (Å²) in [5, 5.41) is 23.7. The molecule has 47 heavy (non-hydrogen) atoms. The third kappa shape index (κ3) is 4.50. The van der Waals surface area contributed by atoms with E-state index in [9.17, 15) is 23.4 Å². The van der Waals surface area contributed by atoms with Crippen LogP contribution in [0.2, 0.25) is 0 Å². The van der Waals surface area contributed by atoms with Crippen LogP contribution >= 0.6 is 0 Å². The van der Waals surface area contributed by atoms with Crippen molar-refractivity contribution in [1.29, 1.82) is 0 Å². The molecule has 6 aliphatic rings. The number of furan rings is 1. The molecule has 254 valence electrons. The lowest BCUT2D eigenvalue weighted by Crippen LogP contribution is -2.67. The zero-order valence-electron chi connectivity index (χ0n) is 28.0. The quantitative estimate of drug-likeness (QED) is 0.265. The van der Waals surface area contributed by atoms with Crippen LogP contribution in [0.3, 0.4) is 0 Å². The Balaban J connectivity index is 1.30. The highest BCUT2D eigenvalue weighted by atomic mass is 32.2. The molecule has 2 aromatic rings. The summed E-state index contributed by atoms with van der Waals surface area (Å²) >= 11 is 0. The Labute approximate surface area is 277 Å². The van der Waals surface area contributed by atoms with Crippen LogP contribution in [0.25, 0.3) is 0 Å². The van der Waals surface area contributed by atoms with E-state index >= 15 is 0 Å². The second kappa shape index (κ2) is 10.8. The molecule has 8 atom stereocenters. The fourth-order valence-electron chi connectivity index (χ4n) is 10.9. The second-order valence-electron chi connectivity index (χ2n) is 15.3. The number of sulfonamides is 1. The van der Waals surface area contributed by atoms with Crippen molar-refractivity contribution >= 4 is 15.8 Å². The largest absolute Gasteiger partial charge is 0.497 e. The van der Waals surface area contributed by atoms with E-state index < -0.39 is 38.0 Å². The predicted octanol–water partition coefficient (Wildman–Crippen LogP) is 5.53. The van der Waals surface area contributed by atoms with Crippen molar-refractivity contribution in [3.63, 3.8) is 0 Å². The van der Waals surface area contributed by atoms with Gasteiger partial charge in [-0.1, -0.05) is 38.1 Å². The van der Waals surface area contributed by atoms with E-state index in [2.05, 4.69) is 32.1 Å². The van der Waals surface area contributed by atoms with E-state index in [4.69, 9.17) is 13.9 Å². The highest BCUT2D eigenvalue weighted by Gasteiger charge is 2.74. The SMILES string of the molecule is COc1ccc(CN(C[C@]2(O)CC[C@H]3[C@]45C=C[C@@]6(C=C4C(=O)c4ccco4)CC(O)CC[C@]6(C)[C@H]5CC[C@@]32C)S(C)(=O)=O)c(OC)c1. The summed E-state index contributed by atoms with van der Waals surface area (Å²) < 4.78 is 44.7. The molecule has 9 nitrogen and oxygen atoms in total. The van der Waals surface area contributed by atoms with Crippen LogP contribution in [0.5, 0.6) is 11.5 Å². The molecule has 2 spiro atoms. The van der Waals surface area contributed by atoms with Crippen molar-refractivity contribution in [1.82, 2.24) is 4.31 Å². The first kappa shape index (κ1) is 32.6. The van der Waals surface area contributed by atoms with Crippen molar-refractivity contribution in [2.75, 3.05) is 27.0 Å². The monoisotopic (exact) mass is 665 g/mol. The third-order valence-corrected chi connectivity index (χ3v) is 14.6. The van der Waals surface area contributed by atoms with Gasteiger partial charge in [-0.25, -0.2) is 8.42 Å². The van der Waals surface area contributed by atoms with E-state index in [0.717, 1.165) is 19.3 Å². The van der Waals surface area contributed by atoms with Crippen molar-refractivity contribution in [3.8, 4) is 11.5 Å². The molecule has 10 heteroatoms. The van der Waals surface area contributed by atoms with Gasteiger partial charge in [0.25, 0.3) is 0 Å². The van der Waals surface area contributed by atoms with Crippen molar-refractivity contribution < 1.29 is 37.3 Å². The maximum Gasteiger partial charge on any atom is 0.224 e. The van der Waals surface area contributed by atoms with Crippen LogP contribution in [-0.2, 0) is 16.6 Å². The van der Waals surface area contributed by atoms with Crippen LogP contribution in [0.1, 0.15) is 74.9 Å². The molecule has 8 rings (SSSR count). The molecule has 2 bridgehead atoms. The summed E-state index contributed by atoms with van der Waals surface area (Å²) in [7, 11) is -0.645. The first-order chi connectivity index (χ1) is 22.2. The Hall–Kier alpha value is -2.92. The van der Waals surface area contributed by atoms with Gasteiger partial charge in [0, 0.05) is 46.5 Å². The van der Waals surface area contributed by atoms with Gasteiger partial charge in [0.2, 0.25) is 15.8 Å². The molecule has 2 N–H and O–H groups in total. The zero-order valence-corrected chi connectivity index (χ0v) is 28.8. The smallest absolute Gasteiger partial charge is 0.224 e. The molecule has 1 heterocycles. The van der Waals surface area contributed by atoms with Gasteiger partial charge >= 0.3 is 0 Å². The minimum atomic E-state index is -3.74. The molecular weight excluding hydrogens is 618 g/mol. The lowest BCUT2D eigenvalue weighted by atomic mass is 9.32. The van der Waals surface area contributed by atoms with Crippen molar-refractivity contribution in [3.05, 3.63) is 71.7 Å². The van der Waals surface area contributed by atoms with Crippen molar-refractivity contribution in [2.45, 2.75) is 77.0 Å². The molecule has 1 aromatic heterocycles. The molecule has 3 saturated carbocycles. The number of carbonyl (C=O) groups excluding carboxylic acids is 1. The fraction of sp³-hybridized carbons (Fsp3) is 0.595. The van der Waals surface area contributed by atoms with Crippen LogP contribution in [0.4, 0.5) is 0 Å². The van der Waals surface area contributed by atoms with Crippen molar-refractivity contribution in [2.24, 2.45) is 33.5 Å². The number of methoxy groups -OCH3 is 2. The first-order valence-corrected chi connectivity index (χ1v) is 18.6. The van der Waals surface area contributed by atoms with E-state index in [-0.39, 0.29) is 41.9 Å². The maximum atomic E-state index is 14.4. The van der Waals surface area contributed by atoms with Gasteiger partial charge in [-0.15, -0.1) is 0 Å². The standard InChI is InChI=1S/C37H47NO8S/c1-33-13-10-25(39)20-35(33)16-17-37(27(21-35)32(40)28-7-6-18-46-28)30(33)11-14-34(2)31(37)12-15-36(34,41)23-38(47(5,42)43)22-24-8-9-26(44-3)19-29(24)45-4/h6-9,16-19,21,25,30-31,39,41H,10-15,20,22-23H2,1-5H3/t25?,30-,31-,33-,34+,35+,36-,37-/m1/s1. The summed E-state index contributed by atoms with van der Waals surface area (Å²) in [4.78, 5) is 14.4. The summed E-state index contributed by atoms with van der Waals surface area (Å²) in [6, 6.07) is 8.73. The lowest BCUT2D eigenvalue weighted by Gasteiger charge is -2.71. The van der Waals surface area contributed by atoms with E-state index in [1.54, 1.807) is 37.4 Å². The Kier molecular flexibility index (Phi) is 7.49. The zero-order chi connectivity index (χ0) is 33.6. The number of carbonyl (C=O) groups is 1. The molecule has 6 aliphatic carbocycles. The third-order valence-electron chi connectivity index (χ3n) is 13.4. The molecule has 0 aliphatic heterocycles. The van der Waals surface area contributed by atoms with Crippen LogP contribution in [0.15, 0.2) is 64.8 Å². The number of benzene rings is 1. The number of ketones is 1. The predicted molar refractivity (Wildman–Crippen MR) is 176 cm³/mol. The number of nitrogens with zero attached hydrogens (tertiary/aromatic N) is 1. The number of aliphatic hydroxyl groups is 2. The molecule has 3 fully saturated rings. The fourth-order valence-corrected chi connectivity index (χ4v) is 11.7. The van der Waals surface area contributed by atoms with Gasteiger partial charge in [0.1, 0.15) is 11.5 Å². The van der Waals surface area contributed by atoms with Gasteiger partial charge in [-0.05, 0) is 80.4 Å². The normalized spacial score (nSPS) is 38.8. The van der Waals surface area contributed by atoms with E-state index in [0.29, 0.717) is 48.3 Å². The topological polar surface area (TPSA) is 127 Å². The summed E-state index contributed by atoms with van der Waals surface area (Å²) in [6.07, 6.45) is 13.6. The summed E-state index contributed by atoms with van der Waals surface area (Å²) in [5.74, 6) is 1.27. The number of fused-ring (bicyclic) bond motifs is 1. The Morgan fingerprint density at radius 2 is 1.74 bits per heavy atom. The number of ether oxygens (including phenoxy) is 2. The molecular formula is C37H47NO8S. The van der Waals surface area contributed by atoms with Gasteiger partial charge in [-0.3, -0.25) is 4.79 Å². The van der Waals surface area contributed by atoms with Gasteiger partial charge in [-0.2, -0.15) is 4.31 Å². The first-order valence-electron chi connectivity index (χ1n) is 16.7. The Bertz CT molecular complexity index is 1750. The number of hydrogen-bond donors (Lipinski definition) is 2. The van der Waals surface area contributed by atoms with Crippen LogP contribution in [0, 0.1) is 33.5 Å². The average Bonchev–Trinajstić information content (AvgIpc) is 3.66. The summed E-state index contributed by atoms with van der Waals surface area (Å²) in [6.45, 7) is 4.41. The minimum Gasteiger partial charge on any atom is -0.497 e. The summed E-state index contributed by atoms with van der Waals surface area (Å²) in [5.41, 5.74) is -1.93. The Morgan fingerprint density at radius 1 is 1.02 bits per heavy atom. The number of allylic oxidation sites excluding steroid dienone is 4. The van der Waals surface area contributed by atoms with Crippen LogP contribution < -0.4 is 9.47 Å². The van der Waals surface area contributed by atoms with Gasteiger partial charge < -0.3 is 24.1 Å². The van der Waals surface area contributed by atoms with E-state index in [1.807, 2.05) is 0 Å². The van der Waals surface area contributed by atoms with Gasteiger partial charge in [0.15, 0.2) is 5.76 Å². The molecule has 1 aromatic carbocycles. The second-order valence-corrected chi connectivity index (χ2v) is 17.3. The number of Topliss-reactive ketones (excluding diaryl/α,β-unsaturated/α-hetero) is 1. The maximum absolute atomic E-state index is 14.4. The number of aliphatic hydroxyl groups excluding tert-OH is 1. The molecule has 0 amide bonds. The minimum absolute atomic E-state index is 0.0355. The van der Waals surface area contributed by atoms with E-state index in [1.165, 1.54) is 23.9 Å². The number of rotatable bonds is 9.